The Hall–Kier alpha value is -4.21. The minimum atomic E-state index is -0.626. The van der Waals surface area contributed by atoms with Crippen molar-refractivity contribution in [3.8, 4) is 0 Å². The molecule has 176 valence electrons. The molecule has 0 aliphatic carbocycles. The second-order valence-corrected chi connectivity index (χ2v) is 8.12. The van der Waals surface area contributed by atoms with Crippen LogP contribution in [0.4, 0.5) is 17.3 Å². The Morgan fingerprint density at radius 1 is 0.886 bits per heavy atom. The van der Waals surface area contributed by atoms with Crippen molar-refractivity contribution in [2.24, 2.45) is 0 Å². The van der Waals surface area contributed by atoms with Gasteiger partial charge in [-0.15, -0.1) is 0 Å². The lowest BCUT2D eigenvalue weighted by Gasteiger charge is -2.20. The Labute approximate surface area is 210 Å². The molecule has 0 aliphatic heterocycles. The van der Waals surface area contributed by atoms with Crippen LogP contribution in [0.1, 0.15) is 27.5 Å². The molecule has 1 aromatic heterocycles. The Balaban J connectivity index is 1.63. The molecule has 11 heteroatoms. The molecule has 3 N–H and O–H groups in total. The van der Waals surface area contributed by atoms with E-state index in [1.54, 1.807) is 0 Å². The van der Waals surface area contributed by atoms with Crippen LogP contribution in [0, 0.1) is 10.1 Å². The molecule has 0 fully saturated rings. The highest BCUT2D eigenvalue weighted by atomic mass is 35.5. The SMILES string of the molecule is O=C(NNc1ncnc(NC(c2ccccc2)c2ccccc2)c1[N+](=O)[O-])c1ccc(Cl)cc1Cl. The van der Waals surface area contributed by atoms with E-state index in [1.807, 2.05) is 60.7 Å². The standard InChI is InChI=1S/C24H18Cl2N6O3/c25-17-11-12-18(19(26)13-17)24(33)31-30-23-21(32(34)35)22(27-14-28-23)29-20(15-7-3-1-4-8-15)16-9-5-2-6-10-16/h1-14,20H,(H,31,33)(H2,27,28,29,30). The summed E-state index contributed by atoms with van der Waals surface area (Å²) < 4.78 is 0. The molecule has 4 aromatic rings. The van der Waals surface area contributed by atoms with E-state index in [1.165, 1.54) is 18.2 Å². The largest absolute Gasteiger partial charge is 0.354 e. The number of hydrazine groups is 1. The minimum absolute atomic E-state index is 0.0241. The Morgan fingerprint density at radius 3 is 2.06 bits per heavy atom. The number of nitrogens with one attached hydrogen (secondary N) is 3. The van der Waals surface area contributed by atoms with Gasteiger partial charge >= 0.3 is 5.69 Å². The van der Waals surface area contributed by atoms with Crippen LogP contribution in [0.3, 0.4) is 0 Å². The molecule has 3 aromatic carbocycles. The molecule has 0 bridgehead atoms. The predicted molar refractivity (Wildman–Crippen MR) is 135 cm³/mol. The molecular formula is C24H18Cl2N6O3. The summed E-state index contributed by atoms with van der Waals surface area (Å²) in [5.74, 6) is -0.852. The summed E-state index contributed by atoms with van der Waals surface area (Å²) in [6.07, 6.45) is 1.16. The number of carbonyl (C=O) groups excluding carboxylic acids is 1. The first kappa shape index (κ1) is 23.9. The van der Waals surface area contributed by atoms with Gasteiger partial charge in [0.2, 0.25) is 11.6 Å². The Morgan fingerprint density at radius 2 is 1.49 bits per heavy atom. The average molecular weight is 509 g/mol. The maximum absolute atomic E-state index is 12.5. The van der Waals surface area contributed by atoms with Gasteiger partial charge in [0.25, 0.3) is 5.91 Å². The molecule has 0 unspecified atom stereocenters. The molecule has 0 atom stereocenters. The van der Waals surface area contributed by atoms with Gasteiger partial charge in [-0.3, -0.25) is 25.8 Å². The van der Waals surface area contributed by atoms with Gasteiger partial charge in [0, 0.05) is 5.02 Å². The van der Waals surface area contributed by atoms with Crippen molar-refractivity contribution in [2.45, 2.75) is 6.04 Å². The van der Waals surface area contributed by atoms with Gasteiger partial charge in [0.15, 0.2) is 0 Å². The molecule has 4 rings (SSSR count). The number of carbonyl (C=O) groups is 1. The van der Waals surface area contributed by atoms with Crippen LogP contribution >= 0.6 is 23.2 Å². The zero-order valence-electron chi connectivity index (χ0n) is 18.0. The van der Waals surface area contributed by atoms with E-state index < -0.39 is 22.6 Å². The molecule has 0 saturated carbocycles. The number of hydrogen-bond acceptors (Lipinski definition) is 7. The fourth-order valence-corrected chi connectivity index (χ4v) is 3.89. The topological polar surface area (TPSA) is 122 Å². The number of benzene rings is 3. The molecule has 1 heterocycles. The smallest absolute Gasteiger partial charge is 0.353 e. The van der Waals surface area contributed by atoms with Crippen LogP contribution in [0.2, 0.25) is 10.0 Å². The predicted octanol–water partition coefficient (Wildman–Crippen LogP) is 5.65. The number of nitro groups is 1. The third kappa shape index (κ3) is 5.65. The van der Waals surface area contributed by atoms with Gasteiger partial charge in [-0.1, -0.05) is 83.9 Å². The van der Waals surface area contributed by atoms with E-state index in [-0.39, 0.29) is 22.2 Å². The van der Waals surface area contributed by atoms with Crippen molar-refractivity contribution < 1.29 is 9.72 Å². The van der Waals surface area contributed by atoms with Crippen LogP contribution in [0.25, 0.3) is 0 Å². The van der Waals surface area contributed by atoms with Gasteiger partial charge in [-0.25, -0.2) is 9.97 Å². The van der Waals surface area contributed by atoms with E-state index in [9.17, 15) is 14.9 Å². The Kier molecular flexibility index (Phi) is 7.39. The summed E-state index contributed by atoms with van der Waals surface area (Å²) in [6, 6.07) is 22.9. The lowest BCUT2D eigenvalue weighted by Crippen LogP contribution is -2.30. The van der Waals surface area contributed by atoms with Gasteiger partial charge in [0.05, 0.1) is 21.6 Å². The highest BCUT2D eigenvalue weighted by Gasteiger charge is 2.26. The second kappa shape index (κ2) is 10.8. The number of halogens is 2. The molecule has 9 nitrogen and oxygen atoms in total. The van der Waals surface area contributed by atoms with Crippen LogP contribution < -0.4 is 16.2 Å². The monoisotopic (exact) mass is 508 g/mol. The summed E-state index contributed by atoms with van der Waals surface area (Å²) in [6.45, 7) is 0. The van der Waals surface area contributed by atoms with Gasteiger partial charge in [-0.05, 0) is 29.3 Å². The number of anilines is 2. The number of aromatic nitrogens is 2. The molecular weight excluding hydrogens is 491 g/mol. The maximum atomic E-state index is 12.5. The van der Waals surface area contributed by atoms with E-state index >= 15 is 0 Å². The molecule has 0 radical (unpaired) electrons. The van der Waals surface area contributed by atoms with E-state index in [0.29, 0.717) is 5.02 Å². The first-order valence-electron chi connectivity index (χ1n) is 10.3. The van der Waals surface area contributed by atoms with Crippen molar-refractivity contribution >= 4 is 46.4 Å². The Bertz CT molecular complexity index is 1320. The number of amides is 1. The fourth-order valence-electron chi connectivity index (χ4n) is 3.39. The quantitative estimate of drug-likeness (QED) is 0.207. The summed E-state index contributed by atoms with van der Waals surface area (Å²) >= 11 is 11.9. The number of nitrogens with zero attached hydrogens (tertiary/aromatic N) is 3. The average Bonchev–Trinajstić information content (AvgIpc) is 2.86. The zero-order valence-corrected chi connectivity index (χ0v) is 19.5. The van der Waals surface area contributed by atoms with Gasteiger partial charge < -0.3 is 5.32 Å². The lowest BCUT2D eigenvalue weighted by atomic mass is 9.99. The summed E-state index contributed by atoms with van der Waals surface area (Å²) in [5.41, 5.74) is 6.34. The van der Waals surface area contributed by atoms with Crippen LogP contribution in [0.5, 0.6) is 0 Å². The van der Waals surface area contributed by atoms with Crippen LogP contribution in [-0.4, -0.2) is 20.8 Å². The third-order valence-electron chi connectivity index (χ3n) is 5.02. The van der Waals surface area contributed by atoms with Crippen LogP contribution in [-0.2, 0) is 0 Å². The maximum Gasteiger partial charge on any atom is 0.354 e. The van der Waals surface area contributed by atoms with Crippen molar-refractivity contribution in [3.05, 3.63) is 122 Å². The first-order chi connectivity index (χ1) is 16.9. The van der Waals surface area contributed by atoms with Gasteiger partial charge in [-0.2, -0.15) is 0 Å². The third-order valence-corrected chi connectivity index (χ3v) is 5.57. The fraction of sp³-hybridized carbons (Fsp3) is 0.0417. The number of rotatable bonds is 8. The molecule has 0 spiro atoms. The van der Waals surface area contributed by atoms with E-state index in [4.69, 9.17) is 23.2 Å². The highest BCUT2D eigenvalue weighted by molar-refractivity contribution is 6.36. The lowest BCUT2D eigenvalue weighted by molar-refractivity contribution is -0.383. The molecule has 35 heavy (non-hydrogen) atoms. The van der Waals surface area contributed by atoms with Crippen molar-refractivity contribution in [1.29, 1.82) is 0 Å². The van der Waals surface area contributed by atoms with Crippen molar-refractivity contribution in [1.82, 2.24) is 15.4 Å². The van der Waals surface area contributed by atoms with Crippen molar-refractivity contribution in [2.75, 3.05) is 10.7 Å². The van der Waals surface area contributed by atoms with Crippen LogP contribution in [0.15, 0.2) is 85.2 Å². The highest BCUT2D eigenvalue weighted by Crippen LogP contribution is 2.33. The molecule has 0 saturated heterocycles. The van der Waals surface area contributed by atoms with Crippen molar-refractivity contribution in [3.63, 3.8) is 0 Å². The molecule has 1 amide bonds. The van der Waals surface area contributed by atoms with E-state index in [2.05, 4.69) is 26.1 Å². The van der Waals surface area contributed by atoms with E-state index in [0.717, 1.165) is 17.5 Å². The normalized spacial score (nSPS) is 10.6. The second-order valence-electron chi connectivity index (χ2n) is 7.28. The minimum Gasteiger partial charge on any atom is -0.353 e. The summed E-state index contributed by atoms with van der Waals surface area (Å²) in [5, 5.41) is 15.7. The zero-order chi connectivity index (χ0) is 24.8. The van der Waals surface area contributed by atoms with Gasteiger partial charge in [0.1, 0.15) is 6.33 Å². The summed E-state index contributed by atoms with van der Waals surface area (Å²) in [7, 11) is 0. The molecule has 0 aliphatic rings. The first-order valence-corrected chi connectivity index (χ1v) is 11.1. The number of hydrogen-bond donors (Lipinski definition) is 3. The summed E-state index contributed by atoms with van der Waals surface area (Å²) in [4.78, 5) is 32.0.